The number of hydrogen-bond donors (Lipinski definition) is 0. The number of carbonyl (C=O) groups is 2. The van der Waals surface area contributed by atoms with Crippen LogP contribution in [0.15, 0.2) is 53.9 Å². The van der Waals surface area contributed by atoms with Crippen molar-refractivity contribution in [2.24, 2.45) is 0 Å². The van der Waals surface area contributed by atoms with Crippen molar-refractivity contribution in [3.8, 4) is 10.6 Å². The Hall–Kier alpha value is -3.06. The molecule has 0 saturated carbocycles. The van der Waals surface area contributed by atoms with Gasteiger partial charge in [0.15, 0.2) is 6.61 Å². The topological polar surface area (TPSA) is 59.5 Å². The Morgan fingerprint density at radius 1 is 1.17 bits per heavy atom. The Labute approximate surface area is 172 Å². The van der Waals surface area contributed by atoms with Gasteiger partial charge in [-0.2, -0.15) is 0 Å². The van der Waals surface area contributed by atoms with Gasteiger partial charge in [-0.25, -0.2) is 9.18 Å². The van der Waals surface area contributed by atoms with Crippen LogP contribution in [0.4, 0.5) is 4.39 Å². The minimum atomic E-state index is -0.595. The summed E-state index contributed by atoms with van der Waals surface area (Å²) in [6.45, 7) is 3.84. The Balaban J connectivity index is 1.61. The minimum absolute atomic E-state index is 0.251. The van der Waals surface area contributed by atoms with E-state index in [9.17, 15) is 14.0 Å². The number of aromatic nitrogens is 1. The van der Waals surface area contributed by atoms with Crippen molar-refractivity contribution in [3.63, 3.8) is 0 Å². The number of carbonyl (C=O) groups excluding carboxylic acids is 2. The second kappa shape index (κ2) is 9.43. The number of thiophene rings is 1. The summed E-state index contributed by atoms with van der Waals surface area (Å²) in [7, 11) is 0. The molecular weight excluding hydrogens is 391 g/mol. The maximum Gasteiger partial charge on any atom is 0.340 e. The molecule has 150 valence electrons. The van der Waals surface area contributed by atoms with E-state index in [0.29, 0.717) is 23.4 Å². The predicted molar refractivity (Wildman–Crippen MR) is 110 cm³/mol. The third-order valence-electron chi connectivity index (χ3n) is 4.40. The van der Waals surface area contributed by atoms with E-state index >= 15 is 0 Å². The van der Waals surface area contributed by atoms with Gasteiger partial charge < -0.3 is 9.64 Å². The van der Waals surface area contributed by atoms with E-state index < -0.39 is 5.97 Å². The first-order valence-electron chi connectivity index (χ1n) is 9.18. The van der Waals surface area contributed by atoms with E-state index in [2.05, 4.69) is 4.98 Å². The molecule has 0 aliphatic heterocycles. The standard InChI is InChI=1S/C22H21FN2O3S/c1-3-25(13-16-6-4-7-17(23)12-16)21(26)14-28-22(27)18-9-10-19(24-15(18)2)20-8-5-11-29-20/h4-12H,3,13-14H2,1-2H3. The van der Waals surface area contributed by atoms with Gasteiger partial charge in [0.25, 0.3) is 5.91 Å². The molecule has 2 aromatic heterocycles. The predicted octanol–water partition coefficient (Wildman–Crippen LogP) is 4.46. The molecule has 0 fully saturated rings. The number of pyridine rings is 1. The molecule has 5 nitrogen and oxygen atoms in total. The second-order valence-corrected chi connectivity index (χ2v) is 7.37. The van der Waals surface area contributed by atoms with Crippen LogP contribution in [0, 0.1) is 12.7 Å². The Bertz CT molecular complexity index is 1010. The van der Waals surface area contributed by atoms with Crippen LogP contribution in [-0.4, -0.2) is 34.9 Å². The highest BCUT2D eigenvalue weighted by Crippen LogP contribution is 2.24. The third kappa shape index (κ3) is 5.26. The van der Waals surface area contributed by atoms with E-state index in [1.54, 1.807) is 42.5 Å². The number of halogens is 1. The van der Waals surface area contributed by atoms with Gasteiger partial charge >= 0.3 is 5.97 Å². The summed E-state index contributed by atoms with van der Waals surface area (Å²) in [6.07, 6.45) is 0. The lowest BCUT2D eigenvalue weighted by Crippen LogP contribution is -2.34. The van der Waals surface area contributed by atoms with Crippen molar-refractivity contribution in [2.45, 2.75) is 20.4 Å². The number of amides is 1. The highest BCUT2D eigenvalue weighted by Gasteiger charge is 2.18. The Morgan fingerprint density at radius 2 is 2.00 bits per heavy atom. The largest absolute Gasteiger partial charge is 0.452 e. The first-order valence-corrected chi connectivity index (χ1v) is 10.1. The summed E-state index contributed by atoms with van der Waals surface area (Å²) in [6, 6.07) is 13.4. The maximum absolute atomic E-state index is 13.3. The van der Waals surface area contributed by atoms with Gasteiger partial charge in [0.05, 0.1) is 21.8 Å². The molecule has 0 atom stereocenters. The van der Waals surface area contributed by atoms with E-state index in [4.69, 9.17) is 4.74 Å². The molecule has 1 amide bonds. The van der Waals surface area contributed by atoms with E-state index in [0.717, 1.165) is 10.6 Å². The smallest absolute Gasteiger partial charge is 0.340 e. The summed E-state index contributed by atoms with van der Waals surface area (Å²) < 4.78 is 18.5. The van der Waals surface area contributed by atoms with E-state index in [-0.39, 0.29) is 24.9 Å². The fourth-order valence-corrected chi connectivity index (χ4v) is 3.56. The zero-order chi connectivity index (χ0) is 20.8. The number of likely N-dealkylation sites (N-methyl/N-ethyl adjacent to an activating group) is 1. The number of nitrogens with zero attached hydrogens (tertiary/aromatic N) is 2. The number of hydrogen-bond acceptors (Lipinski definition) is 5. The van der Waals surface area contributed by atoms with Crippen LogP contribution in [0.1, 0.15) is 28.5 Å². The molecule has 7 heteroatoms. The van der Waals surface area contributed by atoms with Crippen LogP contribution in [0.2, 0.25) is 0 Å². The van der Waals surface area contributed by atoms with Gasteiger partial charge in [0.1, 0.15) is 5.82 Å². The normalized spacial score (nSPS) is 10.6. The van der Waals surface area contributed by atoms with Crippen molar-refractivity contribution in [3.05, 3.63) is 76.5 Å². The number of aryl methyl sites for hydroxylation is 1. The highest BCUT2D eigenvalue weighted by atomic mass is 32.1. The molecule has 0 aliphatic rings. The molecule has 0 unspecified atom stereocenters. The lowest BCUT2D eigenvalue weighted by atomic mass is 10.1. The molecule has 0 aliphatic carbocycles. The molecule has 3 aromatic rings. The van der Waals surface area contributed by atoms with E-state index in [1.807, 2.05) is 24.4 Å². The average Bonchev–Trinajstić information content (AvgIpc) is 3.25. The number of ether oxygens (including phenoxy) is 1. The molecule has 1 aromatic carbocycles. The molecule has 2 heterocycles. The lowest BCUT2D eigenvalue weighted by molar-refractivity contribution is -0.134. The number of benzene rings is 1. The Kier molecular flexibility index (Phi) is 6.72. The second-order valence-electron chi connectivity index (χ2n) is 6.42. The quantitative estimate of drug-likeness (QED) is 0.538. The molecular formula is C22H21FN2O3S. The van der Waals surface area contributed by atoms with Gasteiger partial charge in [-0.3, -0.25) is 9.78 Å². The van der Waals surface area contributed by atoms with Gasteiger partial charge in [0, 0.05) is 13.1 Å². The van der Waals surface area contributed by atoms with Crippen molar-refractivity contribution >= 4 is 23.2 Å². The van der Waals surface area contributed by atoms with Crippen LogP contribution in [-0.2, 0) is 16.1 Å². The lowest BCUT2D eigenvalue weighted by Gasteiger charge is -2.21. The summed E-state index contributed by atoms with van der Waals surface area (Å²) in [5, 5.41) is 1.96. The van der Waals surface area contributed by atoms with Gasteiger partial charge in [-0.15, -0.1) is 11.3 Å². The molecule has 29 heavy (non-hydrogen) atoms. The zero-order valence-electron chi connectivity index (χ0n) is 16.2. The van der Waals surface area contributed by atoms with Crippen LogP contribution < -0.4 is 0 Å². The fourth-order valence-electron chi connectivity index (χ4n) is 2.87. The molecule has 0 N–H and O–H groups in total. The summed E-state index contributed by atoms with van der Waals surface area (Å²) >= 11 is 1.57. The van der Waals surface area contributed by atoms with Crippen LogP contribution in [0.3, 0.4) is 0 Å². The molecule has 0 saturated heterocycles. The van der Waals surface area contributed by atoms with Crippen molar-refractivity contribution in [2.75, 3.05) is 13.2 Å². The van der Waals surface area contributed by atoms with Crippen molar-refractivity contribution in [1.82, 2.24) is 9.88 Å². The molecule has 0 radical (unpaired) electrons. The number of rotatable bonds is 7. The highest BCUT2D eigenvalue weighted by molar-refractivity contribution is 7.13. The summed E-state index contributed by atoms with van der Waals surface area (Å²) in [4.78, 5) is 31.8. The van der Waals surface area contributed by atoms with Crippen molar-refractivity contribution in [1.29, 1.82) is 0 Å². The number of esters is 1. The third-order valence-corrected chi connectivity index (χ3v) is 5.30. The Morgan fingerprint density at radius 3 is 2.66 bits per heavy atom. The SMILES string of the molecule is CCN(Cc1cccc(F)c1)C(=O)COC(=O)c1ccc(-c2cccs2)nc1C. The van der Waals surface area contributed by atoms with Crippen LogP contribution in [0.25, 0.3) is 10.6 Å². The van der Waals surface area contributed by atoms with Gasteiger partial charge in [-0.05, 0) is 55.1 Å². The first-order chi connectivity index (χ1) is 14.0. The molecule has 0 bridgehead atoms. The van der Waals surface area contributed by atoms with E-state index in [1.165, 1.54) is 17.0 Å². The monoisotopic (exact) mass is 412 g/mol. The average molecular weight is 412 g/mol. The summed E-state index contributed by atoms with van der Waals surface area (Å²) in [5.74, 6) is -1.29. The first kappa shape index (κ1) is 20.7. The van der Waals surface area contributed by atoms with Gasteiger partial charge in [0.2, 0.25) is 0 Å². The maximum atomic E-state index is 13.3. The molecule has 0 spiro atoms. The van der Waals surface area contributed by atoms with Crippen molar-refractivity contribution < 1.29 is 18.7 Å². The zero-order valence-corrected chi connectivity index (χ0v) is 17.0. The fraction of sp³-hybridized carbons (Fsp3) is 0.227. The van der Waals surface area contributed by atoms with Crippen LogP contribution >= 0.6 is 11.3 Å². The van der Waals surface area contributed by atoms with Gasteiger partial charge in [-0.1, -0.05) is 18.2 Å². The minimum Gasteiger partial charge on any atom is -0.452 e. The summed E-state index contributed by atoms with van der Waals surface area (Å²) in [5.41, 5.74) is 2.33. The molecule has 3 rings (SSSR count). The van der Waals surface area contributed by atoms with Crippen LogP contribution in [0.5, 0.6) is 0 Å².